The summed E-state index contributed by atoms with van der Waals surface area (Å²) in [7, 11) is 1.81. The molecule has 1 aromatic rings. The summed E-state index contributed by atoms with van der Waals surface area (Å²) in [6.07, 6.45) is 1.57. The molecule has 1 atom stereocenters. The van der Waals surface area contributed by atoms with Crippen molar-refractivity contribution in [3.63, 3.8) is 0 Å². The lowest BCUT2D eigenvalue weighted by atomic mass is 9.96. The molecule has 1 aromatic heterocycles. The topological polar surface area (TPSA) is 72.9 Å². The summed E-state index contributed by atoms with van der Waals surface area (Å²) in [5.41, 5.74) is 6.81. The van der Waals surface area contributed by atoms with Gasteiger partial charge >= 0.3 is 0 Å². The van der Waals surface area contributed by atoms with Gasteiger partial charge in [0.2, 0.25) is 0 Å². The molecule has 5 nitrogen and oxygen atoms in total. The van der Waals surface area contributed by atoms with Crippen LogP contribution in [0, 0.1) is 6.92 Å². The number of hydrogen-bond donors (Lipinski definition) is 2. The number of rotatable bonds is 3. The minimum atomic E-state index is -0.431. The third-order valence-electron chi connectivity index (χ3n) is 3.05. The molecule has 5 heteroatoms. The predicted octanol–water partition coefficient (Wildman–Crippen LogP) is 0.584. The summed E-state index contributed by atoms with van der Waals surface area (Å²) in [6.45, 7) is 7.54. The van der Waals surface area contributed by atoms with Crippen LogP contribution in [0.4, 0.5) is 0 Å². The van der Waals surface area contributed by atoms with Crippen molar-refractivity contribution >= 4 is 5.91 Å². The van der Waals surface area contributed by atoms with Gasteiger partial charge in [-0.25, -0.2) is 0 Å². The molecule has 1 unspecified atom stereocenters. The first-order valence-corrected chi connectivity index (χ1v) is 5.32. The Morgan fingerprint density at radius 2 is 2.19 bits per heavy atom. The van der Waals surface area contributed by atoms with Crippen molar-refractivity contribution < 1.29 is 4.79 Å². The highest BCUT2D eigenvalue weighted by Crippen LogP contribution is 2.11. The zero-order valence-electron chi connectivity index (χ0n) is 10.5. The first kappa shape index (κ1) is 12.7. The van der Waals surface area contributed by atoms with E-state index >= 15 is 0 Å². The van der Waals surface area contributed by atoms with Crippen molar-refractivity contribution in [2.45, 2.75) is 39.3 Å². The fourth-order valence-electron chi connectivity index (χ4n) is 1.20. The van der Waals surface area contributed by atoms with Crippen molar-refractivity contribution in [3.8, 4) is 0 Å². The molecule has 3 N–H and O–H groups in total. The highest BCUT2D eigenvalue weighted by atomic mass is 16.1. The van der Waals surface area contributed by atoms with E-state index in [4.69, 9.17) is 5.73 Å². The Bertz CT molecular complexity index is 393. The first-order chi connectivity index (χ1) is 7.25. The quantitative estimate of drug-likeness (QED) is 0.789. The van der Waals surface area contributed by atoms with Crippen molar-refractivity contribution in [3.05, 3.63) is 17.5 Å². The molecule has 0 fully saturated rings. The molecule has 1 rings (SSSR count). The maximum atomic E-state index is 12.0. The highest BCUT2D eigenvalue weighted by Gasteiger charge is 2.26. The minimum Gasteiger partial charge on any atom is -0.346 e. The Labute approximate surface area is 96.0 Å². The van der Waals surface area contributed by atoms with Gasteiger partial charge in [0.25, 0.3) is 5.91 Å². The number of carbonyl (C=O) groups is 1. The fraction of sp³-hybridized carbons (Fsp3) is 0.636. The number of nitrogens with two attached hydrogens (primary N) is 1. The van der Waals surface area contributed by atoms with Crippen LogP contribution in [0.2, 0.25) is 0 Å². The molecule has 0 aliphatic rings. The normalized spacial score (nSPS) is 13.6. The molecule has 1 heterocycles. The number of hydrogen-bond acceptors (Lipinski definition) is 3. The molecule has 0 aromatic carbocycles. The van der Waals surface area contributed by atoms with E-state index in [-0.39, 0.29) is 11.9 Å². The molecular weight excluding hydrogens is 204 g/mol. The van der Waals surface area contributed by atoms with Gasteiger partial charge in [-0.2, -0.15) is 5.10 Å². The molecular formula is C11H20N4O. The summed E-state index contributed by atoms with van der Waals surface area (Å²) in [4.78, 5) is 12.0. The molecule has 0 saturated heterocycles. The van der Waals surface area contributed by atoms with Crippen LogP contribution in [-0.2, 0) is 7.05 Å². The SMILES string of the molecule is Cc1c(C(=O)NC(C)(C)C(C)N)cnn1C. The van der Waals surface area contributed by atoms with Gasteiger partial charge in [0.05, 0.1) is 11.8 Å². The molecule has 0 spiro atoms. The van der Waals surface area contributed by atoms with Crippen LogP contribution in [0.25, 0.3) is 0 Å². The average molecular weight is 224 g/mol. The van der Waals surface area contributed by atoms with Gasteiger partial charge in [0, 0.05) is 24.3 Å². The minimum absolute atomic E-state index is 0.117. The molecule has 0 bridgehead atoms. The van der Waals surface area contributed by atoms with Crippen LogP contribution in [-0.4, -0.2) is 27.3 Å². The standard InChI is InChI=1S/C11H20N4O/c1-7-9(6-13-15(7)5)10(16)14-11(3,4)8(2)12/h6,8H,12H2,1-5H3,(H,14,16). The Hall–Kier alpha value is -1.36. The lowest BCUT2D eigenvalue weighted by molar-refractivity contribution is 0.0902. The summed E-state index contributed by atoms with van der Waals surface area (Å²) in [5, 5.41) is 6.95. The molecule has 0 saturated carbocycles. The molecule has 0 aliphatic heterocycles. The second kappa shape index (κ2) is 4.25. The van der Waals surface area contributed by atoms with E-state index in [1.54, 1.807) is 10.9 Å². The fourth-order valence-corrected chi connectivity index (χ4v) is 1.20. The number of aryl methyl sites for hydroxylation is 1. The van der Waals surface area contributed by atoms with Gasteiger partial charge in [0.15, 0.2) is 0 Å². The number of nitrogens with zero attached hydrogens (tertiary/aromatic N) is 2. The number of aromatic nitrogens is 2. The third kappa shape index (κ3) is 2.41. The van der Waals surface area contributed by atoms with E-state index in [0.717, 1.165) is 5.69 Å². The van der Waals surface area contributed by atoms with E-state index in [1.807, 2.05) is 34.7 Å². The second-order valence-electron chi connectivity index (χ2n) is 4.73. The van der Waals surface area contributed by atoms with Gasteiger partial charge in [0.1, 0.15) is 0 Å². The molecule has 90 valence electrons. The van der Waals surface area contributed by atoms with E-state index in [2.05, 4.69) is 10.4 Å². The van der Waals surface area contributed by atoms with Gasteiger partial charge in [-0.05, 0) is 27.7 Å². The van der Waals surface area contributed by atoms with E-state index in [0.29, 0.717) is 5.56 Å². The van der Waals surface area contributed by atoms with Crippen LogP contribution < -0.4 is 11.1 Å². The van der Waals surface area contributed by atoms with E-state index in [1.165, 1.54) is 0 Å². The lowest BCUT2D eigenvalue weighted by Crippen LogP contribution is -2.54. The van der Waals surface area contributed by atoms with Crippen molar-refractivity contribution in [2.24, 2.45) is 12.8 Å². The van der Waals surface area contributed by atoms with Crippen LogP contribution in [0.15, 0.2) is 6.20 Å². The smallest absolute Gasteiger partial charge is 0.255 e. The second-order valence-corrected chi connectivity index (χ2v) is 4.73. The van der Waals surface area contributed by atoms with Crippen molar-refractivity contribution in [2.75, 3.05) is 0 Å². The van der Waals surface area contributed by atoms with Gasteiger partial charge in [-0.1, -0.05) is 0 Å². The third-order valence-corrected chi connectivity index (χ3v) is 3.05. The van der Waals surface area contributed by atoms with Crippen LogP contribution in [0.5, 0.6) is 0 Å². The number of amides is 1. The first-order valence-electron chi connectivity index (χ1n) is 5.32. The lowest BCUT2D eigenvalue weighted by Gasteiger charge is -2.30. The average Bonchev–Trinajstić information content (AvgIpc) is 2.46. The summed E-state index contributed by atoms with van der Waals surface area (Å²) in [6, 6.07) is -0.117. The Balaban J connectivity index is 2.85. The van der Waals surface area contributed by atoms with Gasteiger partial charge in [-0.3, -0.25) is 9.48 Å². The largest absolute Gasteiger partial charge is 0.346 e. The van der Waals surface area contributed by atoms with Crippen molar-refractivity contribution in [1.29, 1.82) is 0 Å². The molecule has 1 amide bonds. The van der Waals surface area contributed by atoms with Gasteiger partial charge < -0.3 is 11.1 Å². The highest BCUT2D eigenvalue weighted by molar-refractivity contribution is 5.95. The van der Waals surface area contributed by atoms with E-state index in [9.17, 15) is 4.79 Å². The van der Waals surface area contributed by atoms with Crippen LogP contribution in [0.3, 0.4) is 0 Å². The Kier molecular flexibility index (Phi) is 3.38. The summed E-state index contributed by atoms with van der Waals surface area (Å²) >= 11 is 0. The number of nitrogens with one attached hydrogen (secondary N) is 1. The van der Waals surface area contributed by atoms with E-state index < -0.39 is 5.54 Å². The molecule has 0 aliphatic carbocycles. The van der Waals surface area contributed by atoms with Crippen molar-refractivity contribution in [1.82, 2.24) is 15.1 Å². The summed E-state index contributed by atoms with van der Waals surface area (Å²) < 4.78 is 1.67. The van der Waals surface area contributed by atoms with Gasteiger partial charge in [-0.15, -0.1) is 0 Å². The zero-order chi connectivity index (χ0) is 12.5. The molecule has 0 radical (unpaired) electrons. The Morgan fingerprint density at radius 1 is 1.62 bits per heavy atom. The number of carbonyl (C=O) groups excluding carboxylic acids is 1. The maximum Gasteiger partial charge on any atom is 0.255 e. The predicted molar refractivity (Wildman–Crippen MR) is 63.1 cm³/mol. The maximum absolute atomic E-state index is 12.0. The Morgan fingerprint density at radius 3 is 2.56 bits per heavy atom. The van der Waals surface area contributed by atoms with Crippen LogP contribution in [0.1, 0.15) is 36.8 Å². The summed E-state index contributed by atoms with van der Waals surface area (Å²) in [5.74, 6) is -0.132. The van der Waals surface area contributed by atoms with Crippen LogP contribution >= 0.6 is 0 Å². The zero-order valence-corrected chi connectivity index (χ0v) is 10.5. The molecule has 16 heavy (non-hydrogen) atoms. The monoisotopic (exact) mass is 224 g/mol.